The summed E-state index contributed by atoms with van der Waals surface area (Å²) in [5, 5.41) is 22.7. The van der Waals surface area contributed by atoms with Crippen LogP contribution in [0.5, 0.6) is 0 Å². The second-order valence-corrected chi connectivity index (χ2v) is 19.6. The minimum absolute atomic E-state index is 1.09. The van der Waals surface area contributed by atoms with Gasteiger partial charge in [-0.05, 0) is 221 Å². The van der Waals surface area contributed by atoms with Crippen molar-refractivity contribution in [3.63, 3.8) is 0 Å². The Balaban J connectivity index is 0.865. The van der Waals surface area contributed by atoms with Crippen molar-refractivity contribution in [1.29, 1.82) is 0 Å². The van der Waals surface area contributed by atoms with Gasteiger partial charge in [0.2, 0.25) is 0 Å². The van der Waals surface area contributed by atoms with Gasteiger partial charge < -0.3 is 4.90 Å². The Morgan fingerprint density at radius 1 is 0.164 bits per heavy atom. The Kier molecular flexibility index (Phi) is 9.33. The minimum atomic E-state index is 1.09. The second kappa shape index (κ2) is 16.5. The van der Waals surface area contributed by atoms with Crippen molar-refractivity contribution in [1.82, 2.24) is 0 Å². The molecule has 0 aliphatic rings. The lowest BCUT2D eigenvalue weighted by atomic mass is 9.91. The van der Waals surface area contributed by atoms with Crippen LogP contribution < -0.4 is 4.90 Å². The molecule has 0 spiro atoms. The van der Waals surface area contributed by atoms with E-state index in [-0.39, 0.29) is 0 Å². The summed E-state index contributed by atoms with van der Waals surface area (Å²) in [6.07, 6.45) is 0. The van der Waals surface area contributed by atoms with Crippen molar-refractivity contribution in [2.24, 2.45) is 0 Å². The fourth-order valence-corrected chi connectivity index (χ4v) is 11.9. The SMILES string of the molecule is c1ccc2cc3c(cc(-c4ccc(N(c5ccc(-c6cc7cc8ccccc8cc7c7ccccc67)cc5)c5ccc(-c6cc7cc8ccccc8cc7c7ccccc67)cc5)cc4)c4ccccc43)cc2c1. The van der Waals surface area contributed by atoms with E-state index in [0.717, 1.165) is 17.1 Å². The Morgan fingerprint density at radius 2 is 0.397 bits per heavy atom. The van der Waals surface area contributed by atoms with E-state index in [0.29, 0.717) is 0 Å². The molecule has 1 heteroatoms. The highest BCUT2D eigenvalue weighted by molar-refractivity contribution is 6.19. The molecule has 15 aromatic carbocycles. The number of benzene rings is 15. The molecule has 0 aliphatic heterocycles. The average molecular weight is 924 g/mol. The molecule has 0 heterocycles. The summed E-state index contributed by atoms with van der Waals surface area (Å²) in [5.41, 5.74) is 10.5. The first-order valence-electron chi connectivity index (χ1n) is 25.3. The summed E-state index contributed by atoms with van der Waals surface area (Å²) in [5.74, 6) is 0. The van der Waals surface area contributed by atoms with E-state index in [1.165, 1.54) is 130 Å². The van der Waals surface area contributed by atoms with Gasteiger partial charge in [0.1, 0.15) is 0 Å². The van der Waals surface area contributed by atoms with Crippen LogP contribution in [-0.2, 0) is 0 Å². The van der Waals surface area contributed by atoms with E-state index < -0.39 is 0 Å². The molecule has 0 aromatic heterocycles. The van der Waals surface area contributed by atoms with Gasteiger partial charge in [0, 0.05) is 17.1 Å². The molecule has 0 atom stereocenters. The van der Waals surface area contributed by atoms with Crippen LogP contribution in [0.1, 0.15) is 0 Å². The van der Waals surface area contributed by atoms with Crippen molar-refractivity contribution >= 4 is 114 Å². The summed E-state index contributed by atoms with van der Waals surface area (Å²) in [6, 6.07) is 101. The first-order chi connectivity index (χ1) is 36.1. The van der Waals surface area contributed by atoms with Crippen LogP contribution in [0, 0.1) is 0 Å². The largest absolute Gasteiger partial charge is 0.311 e. The fourth-order valence-electron chi connectivity index (χ4n) is 11.9. The predicted molar refractivity (Wildman–Crippen MR) is 315 cm³/mol. The highest BCUT2D eigenvalue weighted by Crippen LogP contribution is 2.44. The van der Waals surface area contributed by atoms with E-state index in [1.807, 2.05) is 0 Å². The molecule has 338 valence electrons. The average Bonchev–Trinajstić information content (AvgIpc) is 3.46. The maximum absolute atomic E-state index is 2.40. The minimum Gasteiger partial charge on any atom is -0.311 e. The lowest BCUT2D eigenvalue weighted by molar-refractivity contribution is 1.28. The molecular formula is C72H45N. The Morgan fingerprint density at radius 3 is 0.671 bits per heavy atom. The molecule has 15 aromatic rings. The van der Waals surface area contributed by atoms with E-state index in [9.17, 15) is 0 Å². The zero-order valence-corrected chi connectivity index (χ0v) is 39.9. The molecule has 0 aliphatic carbocycles. The van der Waals surface area contributed by atoms with Crippen molar-refractivity contribution < 1.29 is 0 Å². The summed E-state index contributed by atoms with van der Waals surface area (Å²) >= 11 is 0. The third-order valence-corrected chi connectivity index (χ3v) is 15.5. The van der Waals surface area contributed by atoms with E-state index in [1.54, 1.807) is 0 Å². The standard InChI is InChI=1S/C72H45N/c1-4-16-52-40-70-55(37-49(52)13-1)43-67(61-19-7-10-22-64(61)70)46-25-31-58(32-26-46)73(59-33-27-47(28-34-59)68-44-56-38-50-14-2-5-17-53(50)41-71(56)65-23-11-8-20-62(65)68)60-35-29-48(30-36-60)69-45-57-39-51-15-3-6-18-54(51)42-72(57)66-24-12-9-21-63(66)69/h1-45H. The molecule has 0 radical (unpaired) electrons. The molecule has 15 rings (SSSR count). The lowest BCUT2D eigenvalue weighted by Crippen LogP contribution is -2.09. The zero-order valence-electron chi connectivity index (χ0n) is 39.9. The normalized spacial score (nSPS) is 11.8. The maximum atomic E-state index is 2.40. The smallest absolute Gasteiger partial charge is 0.0462 e. The van der Waals surface area contributed by atoms with Crippen molar-refractivity contribution in [3.05, 3.63) is 273 Å². The van der Waals surface area contributed by atoms with Crippen LogP contribution in [-0.4, -0.2) is 0 Å². The van der Waals surface area contributed by atoms with Gasteiger partial charge >= 0.3 is 0 Å². The molecule has 0 saturated carbocycles. The second-order valence-electron chi connectivity index (χ2n) is 19.6. The monoisotopic (exact) mass is 923 g/mol. The van der Waals surface area contributed by atoms with Gasteiger partial charge in [-0.15, -0.1) is 0 Å². The van der Waals surface area contributed by atoms with Gasteiger partial charge in [-0.3, -0.25) is 0 Å². The third kappa shape index (κ3) is 6.85. The lowest BCUT2D eigenvalue weighted by Gasteiger charge is -2.26. The summed E-state index contributed by atoms with van der Waals surface area (Å²) in [4.78, 5) is 2.40. The van der Waals surface area contributed by atoms with Gasteiger partial charge in [-0.1, -0.05) is 182 Å². The van der Waals surface area contributed by atoms with Crippen LogP contribution in [0.2, 0.25) is 0 Å². The molecule has 0 amide bonds. The topological polar surface area (TPSA) is 3.24 Å². The molecule has 0 N–H and O–H groups in total. The molecule has 0 bridgehead atoms. The number of hydrogen-bond donors (Lipinski definition) is 0. The maximum Gasteiger partial charge on any atom is 0.0462 e. The number of hydrogen-bond acceptors (Lipinski definition) is 1. The highest BCUT2D eigenvalue weighted by Gasteiger charge is 2.18. The number of nitrogens with zero attached hydrogens (tertiary/aromatic N) is 1. The quantitative estimate of drug-likeness (QED) is 0.119. The number of rotatable bonds is 6. The van der Waals surface area contributed by atoms with Gasteiger partial charge in [0.25, 0.3) is 0 Å². The van der Waals surface area contributed by atoms with E-state index >= 15 is 0 Å². The van der Waals surface area contributed by atoms with Crippen LogP contribution >= 0.6 is 0 Å². The Labute approximate surface area is 423 Å². The predicted octanol–water partition coefficient (Wildman–Crippen LogP) is 20.5. The van der Waals surface area contributed by atoms with Crippen molar-refractivity contribution in [2.75, 3.05) is 4.90 Å². The molecular weight excluding hydrogens is 879 g/mol. The van der Waals surface area contributed by atoms with Crippen LogP contribution in [0.4, 0.5) is 17.1 Å². The Hall–Kier alpha value is -9.56. The van der Waals surface area contributed by atoms with Gasteiger partial charge in [-0.25, -0.2) is 0 Å². The first kappa shape index (κ1) is 41.2. The number of fused-ring (bicyclic) bond motifs is 12. The fraction of sp³-hybridized carbons (Fsp3) is 0. The van der Waals surface area contributed by atoms with E-state index in [2.05, 4.69) is 278 Å². The van der Waals surface area contributed by atoms with Crippen molar-refractivity contribution in [2.45, 2.75) is 0 Å². The summed E-state index contributed by atoms with van der Waals surface area (Å²) in [7, 11) is 0. The van der Waals surface area contributed by atoms with Crippen LogP contribution in [0.25, 0.3) is 130 Å². The highest BCUT2D eigenvalue weighted by atomic mass is 15.1. The van der Waals surface area contributed by atoms with E-state index in [4.69, 9.17) is 0 Å². The molecule has 0 saturated heterocycles. The van der Waals surface area contributed by atoms with Crippen molar-refractivity contribution in [3.8, 4) is 33.4 Å². The van der Waals surface area contributed by atoms with Gasteiger partial charge in [0.15, 0.2) is 0 Å². The summed E-state index contributed by atoms with van der Waals surface area (Å²) < 4.78 is 0. The molecule has 1 nitrogen and oxygen atoms in total. The Bertz CT molecular complexity index is 4220. The zero-order chi connectivity index (χ0) is 48.0. The third-order valence-electron chi connectivity index (χ3n) is 15.5. The van der Waals surface area contributed by atoms with Gasteiger partial charge in [0.05, 0.1) is 0 Å². The molecule has 73 heavy (non-hydrogen) atoms. The van der Waals surface area contributed by atoms with Crippen LogP contribution in [0.3, 0.4) is 0 Å². The van der Waals surface area contributed by atoms with Gasteiger partial charge in [-0.2, -0.15) is 0 Å². The first-order valence-corrected chi connectivity index (χ1v) is 25.3. The van der Waals surface area contributed by atoms with Crippen LogP contribution in [0.15, 0.2) is 273 Å². The molecule has 0 fully saturated rings. The molecule has 0 unspecified atom stereocenters. The summed E-state index contributed by atoms with van der Waals surface area (Å²) in [6.45, 7) is 0. The number of anilines is 3.